The Morgan fingerprint density at radius 3 is 1.77 bits per heavy atom. The molecule has 0 atom stereocenters. The summed E-state index contributed by atoms with van der Waals surface area (Å²) in [5, 5.41) is 11.5. The average molecular weight is 441 g/mol. The molecule has 0 fully saturated rings. The van der Waals surface area contributed by atoms with Crippen LogP contribution in [0.5, 0.6) is 17.2 Å². The lowest BCUT2D eigenvalue weighted by atomic mass is 10.1. The molecule has 0 saturated carbocycles. The fourth-order valence-corrected chi connectivity index (χ4v) is 3.43. The van der Waals surface area contributed by atoms with Crippen molar-refractivity contribution >= 4 is 23.2 Å². The van der Waals surface area contributed by atoms with Crippen molar-refractivity contribution < 1.29 is 14.6 Å². The fourth-order valence-electron chi connectivity index (χ4n) is 3.18. The number of phenols is 1. The Balaban J connectivity index is 1.91. The van der Waals surface area contributed by atoms with Crippen LogP contribution in [0.15, 0.2) is 60.7 Å². The molecule has 0 aliphatic rings. The molecule has 0 bridgehead atoms. The van der Waals surface area contributed by atoms with E-state index in [4.69, 9.17) is 37.7 Å². The van der Waals surface area contributed by atoms with Crippen molar-refractivity contribution in [3.05, 3.63) is 70.7 Å². The summed E-state index contributed by atoms with van der Waals surface area (Å²) < 4.78 is 10.6. The summed E-state index contributed by atoms with van der Waals surface area (Å²) in [6, 6.07) is 18.4. The van der Waals surface area contributed by atoms with Crippen LogP contribution in [0, 0.1) is 0 Å². The zero-order chi connectivity index (χ0) is 21.3. The monoisotopic (exact) mass is 440 g/mol. The molecule has 7 heteroatoms. The van der Waals surface area contributed by atoms with Gasteiger partial charge in [0.25, 0.3) is 0 Å². The topological polar surface area (TPSA) is 67.4 Å². The number of hydrogen-bond donors (Lipinski definition) is 2. The molecule has 0 aliphatic heterocycles. The van der Waals surface area contributed by atoms with Crippen LogP contribution in [0.4, 0.5) is 0 Å². The van der Waals surface area contributed by atoms with E-state index < -0.39 is 0 Å². The second kappa shape index (κ2) is 8.30. The Labute approximate surface area is 183 Å². The second-order valence-electron chi connectivity index (χ2n) is 6.55. The Morgan fingerprint density at radius 1 is 0.767 bits per heavy atom. The number of halogens is 2. The summed E-state index contributed by atoms with van der Waals surface area (Å²) in [6.07, 6.45) is 0. The molecule has 0 unspecified atom stereocenters. The number of nitrogens with zero attached hydrogens (tertiary/aromatic N) is 1. The third-order valence-corrected chi connectivity index (χ3v) is 5.21. The molecule has 152 valence electrons. The van der Waals surface area contributed by atoms with Gasteiger partial charge in [0.1, 0.15) is 5.82 Å². The van der Waals surface area contributed by atoms with E-state index in [1.165, 1.54) is 14.2 Å². The number of ether oxygens (including phenoxy) is 2. The number of imidazole rings is 1. The maximum Gasteiger partial charge on any atom is 0.200 e. The zero-order valence-corrected chi connectivity index (χ0v) is 17.8. The summed E-state index contributed by atoms with van der Waals surface area (Å²) in [7, 11) is 2.97. The van der Waals surface area contributed by atoms with E-state index in [-0.39, 0.29) is 5.75 Å². The number of nitrogens with one attached hydrogen (secondary N) is 1. The molecule has 4 rings (SSSR count). The summed E-state index contributed by atoms with van der Waals surface area (Å²) >= 11 is 12.1. The second-order valence-corrected chi connectivity index (χ2v) is 7.43. The van der Waals surface area contributed by atoms with Gasteiger partial charge in [0, 0.05) is 26.7 Å². The third kappa shape index (κ3) is 3.82. The minimum absolute atomic E-state index is 0.0637. The van der Waals surface area contributed by atoms with Crippen molar-refractivity contribution in [1.29, 1.82) is 0 Å². The van der Waals surface area contributed by atoms with Gasteiger partial charge in [-0.15, -0.1) is 0 Å². The molecule has 30 heavy (non-hydrogen) atoms. The summed E-state index contributed by atoms with van der Waals surface area (Å²) in [4.78, 5) is 8.22. The lowest BCUT2D eigenvalue weighted by Crippen LogP contribution is -1.91. The highest BCUT2D eigenvalue weighted by Crippen LogP contribution is 2.41. The van der Waals surface area contributed by atoms with Gasteiger partial charge >= 0.3 is 0 Å². The van der Waals surface area contributed by atoms with Gasteiger partial charge < -0.3 is 19.6 Å². The summed E-state index contributed by atoms with van der Waals surface area (Å²) in [5.74, 6) is 1.12. The first-order valence-electron chi connectivity index (χ1n) is 9.07. The summed E-state index contributed by atoms with van der Waals surface area (Å²) in [5.41, 5.74) is 4.13. The smallest absolute Gasteiger partial charge is 0.200 e. The number of methoxy groups -OCH3 is 2. The van der Waals surface area contributed by atoms with Gasteiger partial charge in [0.15, 0.2) is 11.5 Å². The highest BCUT2D eigenvalue weighted by atomic mass is 35.5. The van der Waals surface area contributed by atoms with Crippen LogP contribution in [0.3, 0.4) is 0 Å². The van der Waals surface area contributed by atoms with Gasteiger partial charge in [-0.2, -0.15) is 0 Å². The largest absolute Gasteiger partial charge is 0.502 e. The summed E-state index contributed by atoms with van der Waals surface area (Å²) in [6.45, 7) is 0. The third-order valence-electron chi connectivity index (χ3n) is 4.71. The lowest BCUT2D eigenvalue weighted by Gasteiger charge is -2.10. The first kappa shape index (κ1) is 20.1. The van der Waals surface area contributed by atoms with Gasteiger partial charge in [0.05, 0.1) is 25.6 Å². The molecule has 2 N–H and O–H groups in total. The van der Waals surface area contributed by atoms with Gasteiger partial charge in [0.2, 0.25) is 5.75 Å². The van der Waals surface area contributed by atoms with Gasteiger partial charge in [-0.3, -0.25) is 0 Å². The van der Waals surface area contributed by atoms with Crippen molar-refractivity contribution in [1.82, 2.24) is 9.97 Å². The minimum Gasteiger partial charge on any atom is -0.502 e. The standard InChI is InChI=1S/C23H18Cl2N2O3/c1-29-18-11-15(12-19(30-2)22(18)28)23-26-20(13-3-7-16(24)8-4-13)21(27-23)14-5-9-17(25)10-6-14/h3-12,28H,1-2H3,(H,26,27). The Bertz CT molecular complexity index is 1100. The molecule has 0 amide bonds. The lowest BCUT2D eigenvalue weighted by molar-refractivity contribution is 0.340. The van der Waals surface area contributed by atoms with Crippen LogP contribution in [-0.4, -0.2) is 29.3 Å². The number of aromatic amines is 1. The molecule has 4 aromatic rings. The molecular formula is C23H18Cl2N2O3. The molecule has 0 saturated heterocycles. The van der Waals surface area contributed by atoms with E-state index >= 15 is 0 Å². The number of rotatable bonds is 5. The Morgan fingerprint density at radius 2 is 1.27 bits per heavy atom. The Kier molecular flexibility index (Phi) is 5.57. The molecule has 0 aliphatic carbocycles. The molecule has 3 aromatic carbocycles. The van der Waals surface area contributed by atoms with E-state index in [0.29, 0.717) is 32.9 Å². The molecule has 0 radical (unpaired) electrons. The zero-order valence-electron chi connectivity index (χ0n) is 16.2. The molecule has 0 spiro atoms. The van der Waals surface area contributed by atoms with Crippen molar-refractivity contribution in [3.63, 3.8) is 0 Å². The number of phenolic OH excluding ortho intramolecular Hbond substituents is 1. The van der Waals surface area contributed by atoms with Crippen molar-refractivity contribution in [2.24, 2.45) is 0 Å². The molecular weight excluding hydrogens is 423 g/mol. The predicted octanol–water partition coefficient (Wildman–Crippen LogP) is 6.44. The number of aromatic nitrogens is 2. The van der Waals surface area contributed by atoms with Crippen molar-refractivity contribution in [2.45, 2.75) is 0 Å². The van der Waals surface area contributed by atoms with E-state index in [9.17, 15) is 5.11 Å². The van der Waals surface area contributed by atoms with Gasteiger partial charge in [-0.25, -0.2) is 4.98 Å². The normalized spacial score (nSPS) is 10.8. The molecule has 1 heterocycles. The average Bonchev–Trinajstić information content (AvgIpc) is 3.20. The molecule has 1 aromatic heterocycles. The number of H-pyrrole nitrogens is 1. The van der Waals surface area contributed by atoms with Crippen LogP contribution < -0.4 is 9.47 Å². The van der Waals surface area contributed by atoms with Crippen LogP contribution in [0.25, 0.3) is 33.9 Å². The van der Waals surface area contributed by atoms with Gasteiger partial charge in [-0.1, -0.05) is 47.5 Å². The van der Waals surface area contributed by atoms with Crippen molar-refractivity contribution in [3.8, 4) is 51.2 Å². The first-order chi connectivity index (χ1) is 14.5. The van der Waals surface area contributed by atoms with E-state index in [0.717, 1.165) is 22.5 Å². The van der Waals surface area contributed by atoms with Gasteiger partial charge in [-0.05, 0) is 36.4 Å². The first-order valence-corrected chi connectivity index (χ1v) is 9.83. The number of benzene rings is 3. The number of hydrogen-bond acceptors (Lipinski definition) is 4. The van der Waals surface area contributed by atoms with E-state index in [2.05, 4.69) is 4.98 Å². The van der Waals surface area contributed by atoms with Crippen LogP contribution in [-0.2, 0) is 0 Å². The van der Waals surface area contributed by atoms with Crippen LogP contribution in [0.1, 0.15) is 0 Å². The minimum atomic E-state index is -0.0637. The fraction of sp³-hybridized carbons (Fsp3) is 0.0870. The van der Waals surface area contributed by atoms with E-state index in [1.54, 1.807) is 12.1 Å². The van der Waals surface area contributed by atoms with Crippen LogP contribution >= 0.6 is 23.2 Å². The molecule has 5 nitrogen and oxygen atoms in total. The SMILES string of the molecule is COc1cc(-c2nc(-c3ccc(Cl)cc3)c(-c3ccc(Cl)cc3)[nH]2)cc(OC)c1O. The van der Waals surface area contributed by atoms with E-state index in [1.807, 2.05) is 48.5 Å². The van der Waals surface area contributed by atoms with Crippen LogP contribution in [0.2, 0.25) is 10.0 Å². The highest BCUT2D eigenvalue weighted by molar-refractivity contribution is 6.31. The number of aromatic hydroxyl groups is 1. The maximum absolute atomic E-state index is 10.2. The highest BCUT2D eigenvalue weighted by Gasteiger charge is 2.18. The predicted molar refractivity (Wildman–Crippen MR) is 120 cm³/mol. The van der Waals surface area contributed by atoms with Crippen molar-refractivity contribution in [2.75, 3.05) is 14.2 Å². The quantitative estimate of drug-likeness (QED) is 0.374. The maximum atomic E-state index is 10.2. The Hall–Kier alpha value is -3.15.